The number of pyridine rings is 1. The Morgan fingerprint density at radius 2 is 2.38 bits per heavy atom. The highest BCUT2D eigenvalue weighted by Crippen LogP contribution is 2.23. The zero-order valence-electron chi connectivity index (χ0n) is 7.16. The van der Waals surface area contributed by atoms with E-state index in [1.165, 1.54) is 0 Å². The van der Waals surface area contributed by atoms with Crippen molar-refractivity contribution in [2.75, 3.05) is 0 Å². The number of halogens is 1. The molecule has 1 N–H and O–H groups in total. The van der Waals surface area contributed by atoms with Gasteiger partial charge in [0.15, 0.2) is 0 Å². The molecule has 0 saturated heterocycles. The highest BCUT2D eigenvalue weighted by molar-refractivity contribution is 6.30. The van der Waals surface area contributed by atoms with Crippen molar-refractivity contribution in [2.24, 2.45) is 0 Å². The minimum Gasteiger partial charge on any atom is -0.388 e. The predicted octanol–water partition coefficient (Wildman–Crippen LogP) is 2.05. The van der Waals surface area contributed by atoms with Gasteiger partial charge >= 0.3 is 0 Å². The lowest BCUT2D eigenvalue weighted by Gasteiger charge is -2.08. The molecule has 4 heteroatoms. The van der Waals surface area contributed by atoms with Crippen LogP contribution in [0.4, 0.5) is 0 Å². The summed E-state index contributed by atoms with van der Waals surface area (Å²) in [6, 6.07) is 5.04. The summed E-state index contributed by atoms with van der Waals surface area (Å²) in [4.78, 5) is 3.80. The Hall–Kier alpha value is -1.11. The summed E-state index contributed by atoms with van der Waals surface area (Å²) >= 11 is 5.76. The minimum atomic E-state index is -0.604. The number of nitrogens with zero attached hydrogens (tertiary/aromatic N) is 2. The van der Waals surface area contributed by atoms with Gasteiger partial charge in [0.25, 0.3) is 0 Å². The van der Waals surface area contributed by atoms with Crippen LogP contribution >= 0.6 is 11.6 Å². The Bertz CT molecular complexity index is 346. The number of aliphatic hydroxyl groups excluding tert-OH is 1. The maximum Gasteiger partial charge on any atom is 0.142 e. The van der Waals surface area contributed by atoms with Gasteiger partial charge in [-0.2, -0.15) is 5.26 Å². The molecule has 0 fully saturated rings. The SMILES string of the molecule is CCC(O)c1ccc(C#N)nc1Cl. The van der Waals surface area contributed by atoms with E-state index in [1.54, 1.807) is 12.1 Å². The lowest BCUT2D eigenvalue weighted by molar-refractivity contribution is 0.173. The third-order valence-electron chi connectivity index (χ3n) is 1.74. The van der Waals surface area contributed by atoms with Crippen molar-refractivity contribution in [2.45, 2.75) is 19.4 Å². The topological polar surface area (TPSA) is 56.9 Å². The van der Waals surface area contributed by atoms with Crippen LogP contribution in [-0.2, 0) is 0 Å². The summed E-state index contributed by atoms with van der Waals surface area (Å²) < 4.78 is 0. The van der Waals surface area contributed by atoms with Gasteiger partial charge in [0.2, 0.25) is 0 Å². The van der Waals surface area contributed by atoms with Gasteiger partial charge in [-0.05, 0) is 12.5 Å². The molecule has 0 bridgehead atoms. The molecule has 0 aliphatic heterocycles. The fourth-order valence-corrected chi connectivity index (χ4v) is 1.26. The maximum atomic E-state index is 9.47. The second-order valence-corrected chi connectivity index (χ2v) is 2.97. The van der Waals surface area contributed by atoms with Gasteiger partial charge < -0.3 is 5.11 Å². The lowest BCUT2D eigenvalue weighted by atomic mass is 10.1. The third kappa shape index (κ3) is 2.18. The number of hydrogen-bond acceptors (Lipinski definition) is 3. The first kappa shape index (κ1) is 9.97. The van der Waals surface area contributed by atoms with E-state index in [2.05, 4.69) is 4.98 Å². The molecule has 0 radical (unpaired) electrons. The first-order valence-corrected chi connectivity index (χ1v) is 4.31. The van der Waals surface area contributed by atoms with E-state index >= 15 is 0 Å². The van der Waals surface area contributed by atoms with Gasteiger partial charge in [0.1, 0.15) is 16.9 Å². The van der Waals surface area contributed by atoms with Crippen molar-refractivity contribution in [1.82, 2.24) is 4.98 Å². The van der Waals surface area contributed by atoms with Gasteiger partial charge in [-0.3, -0.25) is 0 Å². The first-order valence-electron chi connectivity index (χ1n) is 3.93. The van der Waals surface area contributed by atoms with E-state index in [4.69, 9.17) is 16.9 Å². The molecule has 0 amide bonds. The Labute approximate surface area is 81.6 Å². The van der Waals surface area contributed by atoms with E-state index in [0.717, 1.165) is 0 Å². The standard InChI is InChI=1S/C9H9ClN2O/c1-2-8(13)7-4-3-6(5-11)12-9(7)10/h3-4,8,13H,2H2,1H3. The number of aromatic nitrogens is 1. The van der Waals surface area contributed by atoms with Crippen molar-refractivity contribution in [3.63, 3.8) is 0 Å². The van der Waals surface area contributed by atoms with E-state index in [0.29, 0.717) is 12.0 Å². The van der Waals surface area contributed by atoms with Crippen LogP contribution in [0.15, 0.2) is 12.1 Å². The Morgan fingerprint density at radius 3 is 2.85 bits per heavy atom. The quantitative estimate of drug-likeness (QED) is 0.737. The second-order valence-electron chi connectivity index (χ2n) is 2.61. The van der Waals surface area contributed by atoms with Crippen molar-refractivity contribution in [3.8, 4) is 6.07 Å². The van der Waals surface area contributed by atoms with Crippen LogP contribution in [0, 0.1) is 11.3 Å². The van der Waals surface area contributed by atoms with Crippen molar-refractivity contribution in [3.05, 3.63) is 28.5 Å². The molecule has 68 valence electrons. The molecule has 1 rings (SSSR count). The van der Waals surface area contributed by atoms with E-state index in [1.807, 2.05) is 13.0 Å². The second kappa shape index (κ2) is 4.22. The highest BCUT2D eigenvalue weighted by atomic mass is 35.5. The molecule has 1 atom stereocenters. The fraction of sp³-hybridized carbons (Fsp3) is 0.333. The molecule has 0 spiro atoms. The van der Waals surface area contributed by atoms with Gasteiger partial charge in [-0.1, -0.05) is 24.6 Å². The van der Waals surface area contributed by atoms with E-state index in [-0.39, 0.29) is 10.8 Å². The average Bonchev–Trinajstić information content (AvgIpc) is 2.16. The van der Waals surface area contributed by atoms with E-state index in [9.17, 15) is 5.11 Å². The smallest absolute Gasteiger partial charge is 0.142 e. The van der Waals surface area contributed by atoms with Crippen LogP contribution in [0.25, 0.3) is 0 Å². The third-order valence-corrected chi connectivity index (χ3v) is 2.04. The molecule has 0 aromatic carbocycles. The van der Waals surface area contributed by atoms with Crippen LogP contribution in [0.3, 0.4) is 0 Å². The molecule has 1 heterocycles. The molecule has 0 saturated carbocycles. The van der Waals surface area contributed by atoms with Crippen molar-refractivity contribution < 1.29 is 5.11 Å². The average molecular weight is 197 g/mol. The molecular formula is C9H9ClN2O. The number of aliphatic hydroxyl groups is 1. The summed E-state index contributed by atoms with van der Waals surface area (Å²) in [6.07, 6.45) is -0.0273. The highest BCUT2D eigenvalue weighted by Gasteiger charge is 2.10. The van der Waals surface area contributed by atoms with Crippen LogP contribution in [0.5, 0.6) is 0 Å². The fourth-order valence-electron chi connectivity index (χ4n) is 0.976. The first-order chi connectivity index (χ1) is 6.19. The molecule has 0 aliphatic rings. The molecule has 1 aromatic rings. The molecular weight excluding hydrogens is 188 g/mol. The van der Waals surface area contributed by atoms with Crippen LogP contribution in [0.2, 0.25) is 5.15 Å². The van der Waals surface area contributed by atoms with Crippen molar-refractivity contribution in [1.29, 1.82) is 5.26 Å². The predicted molar refractivity (Wildman–Crippen MR) is 49.2 cm³/mol. The van der Waals surface area contributed by atoms with Gasteiger partial charge in [-0.15, -0.1) is 0 Å². The maximum absolute atomic E-state index is 9.47. The van der Waals surface area contributed by atoms with E-state index < -0.39 is 6.10 Å². The molecule has 3 nitrogen and oxygen atoms in total. The molecule has 1 aromatic heterocycles. The molecule has 0 aliphatic carbocycles. The van der Waals surface area contributed by atoms with Crippen LogP contribution in [0.1, 0.15) is 30.7 Å². The lowest BCUT2D eigenvalue weighted by Crippen LogP contribution is -1.98. The summed E-state index contributed by atoms with van der Waals surface area (Å²) in [5.41, 5.74) is 0.834. The molecule has 13 heavy (non-hydrogen) atoms. The largest absolute Gasteiger partial charge is 0.388 e. The normalized spacial score (nSPS) is 12.2. The zero-order chi connectivity index (χ0) is 9.84. The molecule has 1 unspecified atom stereocenters. The monoisotopic (exact) mass is 196 g/mol. The number of rotatable bonds is 2. The summed E-state index contributed by atoms with van der Waals surface area (Å²) in [7, 11) is 0. The Kier molecular flexibility index (Phi) is 3.24. The summed E-state index contributed by atoms with van der Waals surface area (Å²) in [6.45, 7) is 1.85. The summed E-state index contributed by atoms with van der Waals surface area (Å²) in [5, 5.41) is 18.2. The Morgan fingerprint density at radius 1 is 1.69 bits per heavy atom. The van der Waals surface area contributed by atoms with Gasteiger partial charge in [-0.25, -0.2) is 4.98 Å². The van der Waals surface area contributed by atoms with Gasteiger partial charge in [0, 0.05) is 5.56 Å². The van der Waals surface area contributed by atoms with Crippen LogP contribution in [-0.4, -0.2) is 10.1 Å². The van der Waals surface area contributed by atoms with Gasteiger partial charge in [0.05, 0.1) is 6.10 Å². The van der Waals surface area contributed by atoms with Crippen LogP contribution < -0.4 is 0 Å². The Balaban J connectivity index is 3.07. The number of hydrogen-bond donors (Lipinski definition) is 1. The summed E-state index contributed by atoms with van der Waals surface area (Å²) in [5.74, 6) is 0. The zero-order valence-corrected chi connectivity index (χ0v) is 7.91. The minimum absolute atomic E-state index is 0.202. The number of nitriles is 1. The van der Waals surface area contributed by atoms with Crippen molar-refractivity contribution >= 4 is 11.6 Å².